The van der Waals surface area contributed by atoms with E-state index in [2.05, 4.69) is 15.4 Å². The SMILES string of the molecule is CCN(CC1CCCNC1)C(=O)C(C)n1cncn1. The van der Waals surface area contributed by atoms with Gasteiger partial charge >= 0.3 is 0 Å². The van der Waals surface area contributed by atoms with Gasteiger partial charge < -0.3 is 10.2 Å². The van der Waals surface area contributed by atoms with Crippen molar-refractivity contribution in [2.24, 2.45) is 5.92 Å². The third-order valence-corrected chi connectivity index (χ3v) is 3.76. The first-order chi connectivity index (χ1) is 9.22. The van der Waals surface area contributed by atoms with Crippen LogP contribution in [0.5, 0.6) is 0 Å². The fourth-order valence-corrected chi connectivity index (χ4v) is 2.56. The second-order valence-corrected chi connectivity index (χ2v) is 5.14. The predicted molar refractivity (Wildman–Crippen MR) is 72.6 cm³/mol. The van der Waals surface area contributed by atoms with E-state index in [1.165, 1.54) is 19.2 Å². The summed E-state index contributed by atoms with van der Waals surface area (Å²) in [7, 11) is 0. The molecule has 1 saturated heterocycles. The van der Waals surface area contributed by atoms with Gasteiger partial charge in [-0.15, -0.1) is 0 Å². The summed E-state index contributed by atoms with van der Waals surface area (Å²) in [5.74, 6) is 0.694. The van der Waals surface area contributed by atoms with E-state index in [4.69, 9.17) is 0 Å². The number of likely N-dealkylation sites (N-methyl/N-ethyl adjacent to an activating group) is 1. The van der Waals surface area contributed by atoms with E-state index in [1.54, 1.807) is 11.0 Å². The maximum absolute atomic E-state index is 12.5. The Hall–Kier alpha value is -1.43. The van der Waals surface area contributed by atoms with Gasteiger partial charge in [0.25, 0.3) is 0 Å². The largest absolute Gasteiger partial charge is 0.341 e. The molecule has 1 aliphatic rings. The van der Waals surface area contributed by atoms with Crippen LogP contribution < -0.4 is 5.32 Å². The Morgan fingerprint density at radius 3 is 3.05 bits per heavy atom. The van der Waals surface area contributed by atoms with Crippen LogP contribution in [0.15, 0.2) is 12.7 Å². The molecule has 1 aromatic heterocycles. The molecule has 1 amide bonds. The molecule has 0 radical (unpaired) electrons. The first kappa shape index (κ1) is 14.0. The molecule has 1 aliphatic heterocycles. The van der Waals surface area contributed by atoms with E-state index >= 15 is 0 Å². The molecule has 1 fully saturated rings. The van der Waals surface area contributed by atoms with Crippen LogP contribution in [-0.2, 0) is 4.79 Å². The summed E-state index contributed by atoms with van der Waals surface area (Å²) in [4.78, 5) is 18.3. The number of carbonyl (C=O) groups excluding carboxylic acids is 1. The third kappa shape index (κ3) is 3.53. The smallest absolute Gasteiger partial charge is 0.247 e. The van der Waals surface area contributed by atoms with Crippen molar-refractivity contribution in [3.63, 3.8) is 0 Å². The van der Waals surface area contributed by atoms with Crippen molar-refractivity contribution < 1.29 is 4.79 Å². The molecule has 2 rings (SSSR count). The molecule has 0 aromatic carbocycles. The maximum Gasteiger partial charge on any atom is 0.247 e. The second kappa shape index (κ2) is 6.65. The Bertz CT molecular complexity index is 386. The topological polar surface area (TPSA) is 63.1 Å². The van der Waals surface area contributed by atoms with Crippen LogP contribution in [0.3, 0.4) is 0 Å². The molecule has 6 nitrogen and oxygen atoms in total. The fraction of sp³-hybridized carbons (Fsp3) is 0.769. The fourth-order valence-electron chi connectivity index (χ4n) is 2.56. The van der Waals surface area contributed by atoms with Gasteiger partial charge in [-0.1, -0.05) is 0 Å². The van der Waals surface area contributed by atoms with Crippen molar-refractivity contribution in [1.82, 2.24) is 25.0 Å². The molecular weight excluding hydrogens is 242 g/mol. The van der Waals surface area contributed by atoms with Crippen LogP contribution in [0.1, 0.15) is 32.7 Å². The van der Waals surface area contributed by atoms with Gasteiger partial charge in [0.05, 0.1) is 0 Å². The highest BCUT2D eigenvalue weighted by Crippen LogP contribution is 2.15. The highest BCUT2D eigenvalue weighted by Gasteiger charge is 2.24. The molecule has 1 aromatic rings. The molecule has 1 N–H and O–H groups in total. The third-order valence-electron chi connectivity index (χ3n) is 3.76. The van der Waals surface area contributed by atoms with Gasteiger partial charge in [-0.2, -0.15) is 5.10 Å². The normalized spacial score (nSPS) is 21.1. The summed E-state index contributed by atoms with van der Waals surface area (Å²) in [5.41, 5.74) is 0. The lowest BCUT2D eigenvalue weighted by Crippen LogP contribution is -2.43. The molecule has 0 bridgehead atoms. The van der Waals surface area contributed by atoms with Crippen LogP contribution in [-0.4, -0.2) is 51.8 Å². The summed E-state index contributed by atoms with van der Waals surface area (Å²) in [5, 5.41) is 7.44. The molecule has 6 heteroatoms. The van der Waals surface area contributed by atoms with Crippen molar-refractivity contribution in [2.75, 3.05) is 26.2 Å². The molecule has 0 aliphatic carbocycles. The summed E-state index contributed by atoms with van der Waals surface area (Å²) >= 11 is 0. The van der Waals surface area contributed by atoms with Crippen molar-refractivity contribution >= 4 is 5.91 Å². The molecule has 0 spiro atoms. The minimum absolute atomic E-state index is 0.124. The average Bonchev–Trinajstić information content (AvgIpc) is 2.98. The predicted octanol–water partition coefficient (Wildman–Crippen LogP) is 0.687. The summed E-state index contributed by atoms with van der Waals surface area (Å²) in [6, 6.07) is -0.279. The van der Waals surface area contributed by atoms with Crippen molar-refractivity contribution in [1.29, 1.82) is 0 Å². The number of nitrogens with zero attached hydrogens (tertiary/aromatic N) is 4. The quantitative estimate of drug-likeness (QED) is 0.850. The van der Waals surface area contributed by atoms with Gasteiger partial charge in [-0.3, -0.25) is 4.79 Å². The molecule has 19 heavy (non-hydrogen) atoms. The molecule has 0 saturated carbocycles. The number of hydrogen-bond donors (Lipinski definition) is 1. The molecule has 106 valence electrons. The lowest BCUT2D eigenvalue weighted by Gasteiger charge is -2.31. The molecule has 2 unspecified atom stereocenters. The summed E-state index contributed by atoms with van der Waals surface area (Å²) in [6.07, 6.45) is 5.47. The van der Waals surface area contributed by atoms with Crippen LogP contribution in [0, 0.1) is 5.92 Å². The number of piperidine rings is 1. The Kier molecular flexibility index (Phi) is 4.90. The van der Waals surface area contributed by atoms with Gasteiger partial charge in [-0.05, 0) is 45.7 Å². The molecule has 2 heterocycles. The number of hydrogen-bond acceptors (Lipinski definition) is 4. The highest BCUT2D eigenvalue weighted by molar-refractivity contribution is 5.79. The number of aromatic nitrogens is 3. The Morgan fingerprint density at radius 2 is 2.47 bits per heavy atom. The number of carbonyl (C=O) groups is 1. The second-order valence-electron chi connectivity index (χ2n) is 5.14. The van der Waals surface area contributed by atoms with Gasteiger partial charge in [-0.25, -0.2) is 9.67 Å². The molecular formula is C13H23N5O. The maximum atomic E-state index is 12.5. The Morgan fingerprint density at radius 1 is 1.63 bits per heavy atom. The van der Waals surface area contributed by atoms with E-state index in [1.807, 2.05) is 18.7 Å². The lowest BCUT2D eigenvalue weighted by atomic mass is 9.99. The first-order valence-corrected chi connectivity index (χ1v) is 7.06. The number of amides is 1. The summed E-state index contributed by atoms with van der Waals surface area (Å²) in [6.45, 7) is 7.60. The van der Waals surface area contributed by atoms with Gasteiger partial charge in [0.15, 0.2) is 0 Å². The van der Waals surface area contributed by atoms with Crippen LogP contribution >= 0.6 is 0 Å². The van der Waals surface area contributed by atoms with Crippen LogP contribution in [0.4, 0.5) is 0 Å². The zero-order valence-corrected chi connectivity index (χ0v) is 11.7. The van der Waals surface area contributed by atoms with E-state index < -0.39 is 0 Å². The van der Waals surface area contributed by atoms with E-state index in [9.17, 15) is 4.79 Å². The highest BCUT2D eigenvalue weighted by atomic mass is 16.2. The Labute approximate surface area is 114 Å². The van der Waals surface area contributed by atoms with Gasteiger partial charge in [0, 0.05) is 13.1 Å². The summed E-state index contributed by atoms with van der Waals surface area (Å²) < 4.78 is 1.62. The van der Waals surface area contributed by atoms with Crippen molar-refractivity contribution in [3.8, 4) is 0 Å². The molecule has 2 atom stereocenters. The first-order valence-electron chi connectivity index (χ1n) is 7.06. The van der Waals surface area contributed by atoms with Gasteiger partial charge in [0.2, 0.25) is 5.91 Å². The monoisotopic (exact) mass is 265 g/mol. The van der Waals surface area contributed by atoms with E-state index in [0.29, 0.717) is 5.92 Å². The van der Waals surface area contributed by atoms with Crippen molar-refractivity contribution in [2.45, 2.75) is 32.7 Å². The minimum atomic E-state index is -0.279. The van der Waals surface area contributed by atoms with Crippen molar-refractivity contribution in [3.05, 3.63) is 12.7 Å². The van der Waals surface area contributed by atoms with Crippen LogP contribution in [0.25, 0.3) is 0 Å². The number of nitrogens with one attached hydrogen (secondary N) is 1. The zero-order chi connectivity index (χ0) is 13.7. The lowest BCUT2D eigenvalue weighted by molar-refractivity contribution is -0.135. The van der Waals surface area contributed by atoms with Gasteiger partial charge in [0.1, 0.15) is 18.7 Å². The number of rotatable bonds is 5. The standard InChI is InChI=1S/C13H23N5O/c1-3-17(8-12-5-4-6-14-7-12)13(19)11(2)18-10-15-9-16-18/h9-12,14H,3-8H2,1-2H3. The van der Waals surface area contributed by atoms with E-state index in [-0.39, 0.29) is 11.9 Å². The zero-order valence-electron chi connectivity index (χ0n) is 11.7. The van der Waals surface area contributed by atoms with E-state index in [0.717, 1.165) is 26.2 Å². The average molecular weight is 265 g/mol. The minimum Gasteiger partial charge on any atom is -0.341 e. The van der Waals surface area contributed by atoms with Crippen LogP contribution in [0.2, 0.25) is 0 Å². The Balaban J connectivity index is 1.94.